The molecular weight excluding hydrogens is 352 g/mol. The molecule has 2 aliphatic heterocycles. The zero-order valence-corrected chi connectivity index (χ0v) is 16.8. The van der Waals surface area contributed by atoms with Crippen LogP contribution in [0.4, 0.5) is 0 Å². The van der Waals surface area contributed by atoms with E-state index in [0.717, 1.165) is 55.9 Å². The average molecular weight is 383 g/mol. The first-order valence-corrected chi connectivity index (χ1v) is 11.0. The molecule has 1 aromatic rings. The second kappa shape index (κ2) is 7.12. The highest BCUT2D eigenvalue weighted by Crippen LogP contribution is 2.56. The summed E-state index contributed by atoms with van der Waals surface area (Å²) in [5.41, 5.74) is 2.15. The summed E-state index contributed by atoms with van der Waals surface area (Å²) in [7, 11) is 0. The van der Waals surface area contributed by atoms with Crippen LogP contribution < -0.4 is 0 Å². The van der Waals surface area contributed by atoms with Crippen molar-refractivity contribution in [3.05, 3.63) is 23.3 Å². The molecule has 0 spiro atoms. The van der Waals surface area contributed by atoms with Gasteiger partial charge in [0, 0.05) is 50.7 Å². The fourth-order valence-corrected chi connectivity index (χ4v) is 5.83. The molecule has 2 saturated carbocycles. The second-order valence-electron chi connectivity index (χ2n) is 9.07. The van der Waals surface area contributed by atoms with Gasteiger partial charge in [0.05, 0.1) is 11.7 Å². The van der Waals surface area contributed by atoms with Crippen LogP contribution in [-0.2, 0) is 22.6 Å². The number of aromatic nitrogens is 2. The Kier molecular flexibility index (Phi) is 4.60. The van der Waals surface area contributed by atoms with Gasteiger partial charge in [0.1, 0.15) is 0 Å². The van der Waals surface area contributed by atoms with E-state index >= 15 is 0 Å². The molecule has 150 valence electrons. The molecule has 5 rings (SSSR count). The van der Waals surface area contributed by atoms with Crippen molar-refractivity contribution in [1.82, 2.24) is 19.8 Å². The van der Waals surface area contributed by atoms with Gasteiger partial charge in [-0.25, -0.2) is 9.97 Å². The molecule has 6 nitrogen and oxygen atoms in total. The van der Waals surface area contributed by atoms with Crippen molar-refractivity contribution in [3.63, 3.8) is 0 Å². The maximum absolute atomic E-state index is 13.0. The predicted octanol–water partition coefficient (Wildman–Crippen LogP) is 2.87. The van der Waals surface area contributed by atoms with Crippen LogP contribution in [-0.4, -0.2) is 44.7 Å². The van der Waals surface area contributed by atoms with Crippen LogP contribution in [0.15, 0.2) is 6.20 Å². The van der Waals surface area contributed by atoms with Crippen LogP contribution in [0.5, 0.6) is 0 Å². The number of hydrogen-bond acceptors (Lipinski definition) is 4. The molecule has 0 N–H and O–H groups in total. The Morgan fingerprint density at radius 2 is 1.79 bits per heavy atom. The van der Waals surface area contributed by atoms with Crippen molar-refractivity contribution < 1.29 is 9.59 Å². The molecule has 6 heteroatoms. The van der Waals surface area contributed by atoms with E-state index in [1.54, 1.807) is 6.92 Å². The largest absolute Gasteiger partial charge is 0.338 e. The molecule has 2 amide bonds. The van der Waals surface area contributed by atoms with Gasteiger partial charge in [0.2, 0.25) is 11.8 Å². The van der Waals surface area contributed by atoms with Gasteiger partial charge in [-0.05, 0) is 43.9 Å². The SMILES string of the molecule is CC(=O)N1CCCC[C@@H]1c1ncc2c(n1)CCN(C(=O)C1[C@@H]3CCCC[C@@H]13)C2. The molecule has 0 bridgehead atoms. The highest BCUT2D eigenvalue weighted by atomic mass is 16.2. The van der Waals surface area contributed by atoms with Crippen molar-refractivity contribution in [3.8, 4) is 0 Å². The third kappa shape index (κ3) is 3.11. The molecule has 1 aromatic heterocycles. The fourth-order valence-electron chi connectivity index (χ4n) is 5.83. The number of carbonyl (C=O) groups excluding carboxylic acids is 2. The highest BCUT2D eigenvalue weighted by Gasteiger charge is 2.55. The maximum Gasteiger partial charge on any atom is 0.226 e. The van der Waals surface area contributed by atoms with Crippen LogP contribution in [0.3, 0.4) is 0 Å². The lowest BCUT2D eigenvalue weighted by Gasteiger charge is -2.35. The van der Waals surface area contributed by atoms with Crippen LogP contribution in [0.1, 0.15) is 75.0 Å². The van der Waals surface area contributed by atoms with Crippen LogP contribution in [0, 0.1) is 17.8 Å². The Hall–Kier alpha value is -1.98. The van der Waals surface area contributed by atoms with Crippen molar-refractivity contribution in [2.24, 2.45) is 17.8 Å². The number of nitrogens with zero attached hydrogens (tertiary/aromatic N) is 4. The maximum atomic E-state index is 13.0. The zero-order chi connectivity index (χ0) is 19.3. The summed E-state index contributed by atoms with van der Waals surface area (Å²) in [6, 6.07) is 0.00537. The Bertz CT molecular complexity index is 783. The van der Waals surface area contributed by atoms with Gasteiger partial charge in [-0.1, -0.05) is 12.8 Å². The lowest BCUT2D eigenvalue weighted by Crippen LogP contribution is -2.40. The molecule has 2 aliphatic carbocycles. The van der Waals surface area contributed by atoms with Gasteiger partial charge < -0.3 is 9.80 Å². The van der Waals surface area contributed by atoms with Gasteiger partial charge in [0.25, 0.3) is 0 Å². The van der Waals surface area contributed by atoms with Crippen LogP contribution in [0.2, 0.25) is 0 Å². The molecule has 4 aliphatic rings. The summed E-state index contributed by atoms with van der Waals surface area (Å²) in [5.74, 6) is 2.85. The monoisotopic (exact) mass is 382 g/mol. The number of piperidine rings is 1. The number of likely N-dealkylation sites (tertiary alicyclic amines) is 1. The van der Waals surface area contributed by atoms with Gasteiger partial charge in [-0.3, -0.25) is 9.59 Å². The Balaban J connectivity index is 1.30. The Morgan fingerprint density at radius 3 is 2.54 bits per heavy atom. The molecular formula is C22H30N4O2. The number of fused-ring (bicyclic) bond motifs is 2. The summed E-state index contributed by atoms with van der Waals surface area (Å²) in [5, 5.41) is 0. The molecule has 3 atom stereocenters. The summed E-state index contributed by atoms with van der Waals surface area (Å²) in [6.07, 6.45) is 10.9. The lowest BCUT2D eigenvalue weighted by atomic mass is 10.00. The Labute approximate surface area is 166 Å². The van der Waals surface area contributed by atoms with E-state index in [-0.39, 0.29) is 17.9 Å². The van der Waals surface area contributed by atoms with Crippen molar-refractivity contribution in [2.75, 3.05) is 13.1 Å². The van der Waals surface area contributed by atoms with E-state index in [4.69, 9.17) is 4.98 Å². The summed E-state index contributed by atoms with van der Waals surface area (Å²) < 4.78 is 0. The van der Waals surface area contributed by atoms with Crippen LogP contribution >= 0.6 is 0 Å². The second-order valence-corrected chi connectivity index (χ2v) is 9.07. The highest BCUT2D eigenvalue weighted by molar-refractivity contribution is 5.82. The summed E-state index contributed by atoms with van der Waals surface area (Å²) >= 11 is 0. The average Bonchev–Trinajstić information content (AvgIpc) is 3.47. The molecule has 0 unspecified atom stereocenters. The minimum Gasteiger partial charge on any atom is -0.338 e. The van der Waals surface area contributed by atoms with Gasteiger partial charge in [-0.15, -0.1) is 0 Å². The Morgan fingerprint density at radius 1 is 1.04 bits per heavy atom. The number of rotatable bonds is 2. The molecule has 3 fully saturated rings. The molecule has 0 radical (unpaired) electrons. The number of carbonyl (C=O) groups is 2. The first kappa shape index (κ1) is 18.1. The number of amides is 2. The minimum atomic E-state index is 0.00537. The molecule has 3 heterocycles. The predicted molar refractivity (Wildman–Crippen MR) is 104 cm³/mol. The summed E-state index contributed by atoms with van der Waals surface area (Å²) in [6.45, 7) is 3.84. The van der Waals surface area contributed by atoms with Crippen LogP contribution in [0.25, 0.3) is 0 Å². The van der Waals surface area contributed by atoms with E-state index in [1.165, 1.54) is 25.7 Å². The topological polar surface area (TPSA) is 66.4 Å². The standard InChI is InChI=1S/C22H30N4O2/c1-14(27)26-10-5-4-8-19(26)21-23-12-15-13-25(11-9-18(15)24-21)22(28)20-16-6-2-3-7-17(16)20/h12,16-17,19-20H,2-11,13H2,1H3/t16-,17-,19-/m1/s1. The van der Waals surface area contributed by atoms with Gasteiger partial charge in [-0.2, -0.15) is 0 Å². The normalized spacial score (nSPS) is 31.8. The summed E-state index contributed by atoms with van der Waals surface area (Å²) in [4.78, 5) is 38.4. The van der Waals surface area contributed by atoms with Crippen molar-refractivity contribution in [2.45, 2.75) is 70.9 Å². The molecule has 28 heavy (non-hydrogen) atoms. The first-order valence-electron chi connectivity index (χ1n) is 11.0. The smallest absolute Gasteiger partial charge is 0.226 e. The van der Waals surface area contributed by atoms with E-state index in [0.29, 0.717) is 24.3 Å². The third-order valence-electron chi connectivity index (χ3n) is 7.41. The van der Waals surface area contributed by atoms with E-state index < -0.39 is 0 Å². The lowest BCUT2D eigenvalue weighted by molar-refractivity contribution is -0.134. The van der Waals surface area contributed by atoms with E-state index in [1.807, 2.05) is 16.0 Å². The third-order valence-corrected chi connectivity index (χ3v) is 7.41. The van der Waals surface area contributed by atoms with Gasteiger partial charge in [0.15, 0.2) is 5.82 Å². The van der Waals surface area contributed by atoms with Crippen molar-refractivity contribution in [1.29, 1.82) is 0 Å². The van der Waals surface area contributed by atoms with Crippen molar-refractivity contribution >= 4 is 11.8 Å². The minimum absolute atomic E-state index is 0.00537. The quantitative estimate of drug-likeness (QED) is 0.789. The first-order chi connectivity index (χ1) is 13.6. The van der Waals surface area contributed by atoms with E-state index in [2.05, 4.69) is 4.98 Å². The van der Waals surface area contributed by atoms with E-state index in [9.17, 15) is 9.59 Å². The molecule has 0 aromatic carbocycles. The van der Waals surface area contributed by atoms with Gasteiger partial charge >= 0.3 is 0 Å². The fraction of sp³-hybridized carbons (Fsp3) is 0.727. The zero-order valence-electron chi connectivity index (χ0n) is 16.8. The molecule has 1 saturated heterocycles. The number of hydrogen-bond donors (Lipinski definition) is 0.